The number of nitrogens with one attached hydrogen (secondary N) is 1. The van der Waals surface area contributed by atoms with Gasteiger partial charge in [-0.25, -0.2) is 4.68 Å². The van der Waals surface area contributed by atoms with Crippen molar-refractivity contribution < 1.29 is 9.90 Å². The third-order valence-corrected chi connectivity index (χ3v) is 4.04. The summed E-state index contributed by atoms with van der Waals surface area (Å²) in [7, 11) is 0. The molecule has 0 fully saturated rings. The number of nitrogens with zero attached hydrogens (tertiary/aromatic N) is 3. The molecule has 1 atom stereocenters. The molecule has 0 spiro atoms. The fourth-order valence-electron chi connectivity index (χ4n) is 2.46. The summed E-state index contributed by atoms with van der Waals surface area (Å²) in [6.45, 7) is 1.84. The van der Waals surface area contributed by atoms with Crippen LogP contribution >= 0.6 is 11.6 Å². The van der Waals surface area contributed by atoms with Gasteiger partial charge >= 0.3 is 0 Å². The Balaban J connectivity index is 1.71. The molecule has 25 heavy (non-hydrogen) atoms. The second-order valence-electron chi connectivity index (χ2n) is 5.55. The molecule has 0 aliphatic rings. The standard InChI is InChI=1S/C18H17ClN4O2/c1-12-17(21-22-23(12)15-9-5-8-14(19)10-15)18(25)20-11-16(24)13-6-3-2-4-7-13/h2-10,16,24H,11H2,1H3,(H,20,25). The van der Waals surface area contributed by atoms with Gasteiger partial charge in [0.2, 0.25) is 0 Å². The van der Waals surface area contributed by atoms with Crippen LogP contribution in [0.4, 0.5) is 0 Å². The molecular formula is C18H17ClN4O2. The van der Waals surface area contributed by atoms with Crippen molar-refractivity contribution in [2.24, 2.45) is 0 Å². The summed E-state index contributed by atoms with van der Waals surface area (Å²) >= 11 is 5.99. The lowest BCUT2D eigenvalue weighted by Gasteiger charge is -2.11. The van der Waals surface area contributed by atoms with E-state index >= 15 is 0 Å². The Labute approximate surface area is 150 Å². The monoisotopic (exact) mass is 356 g/mol. The van der Waals surface area contributed by atoms with Crippen LogP contribution in [-0.2, 0) is 0 Å². The van der Waals surface area contributed by atoms with Crippen molar-refractivity contribution in [1.82, 2.24) is 20.3 Å². The molecule has 6 nitrogen and oxygen atoms in total. The Morgan fingerprint density at radius 3 is 2.72 bits per heavy atom. The van der Waals surface area contributed by atoms with Gasteiger partial charge in [0.25, 0.3) is 5.91 Å². The molecule has 3 aromatic rings. The molecule has 128 valence electrons. The topological polar surface area (TPSA) is 80.0 Å². The van der Waals surface area contributed by atoms with Crippen LogP contribution < -0.4 is 5.32 Å². The molecule has 3 rings (SSSR count). The fraction of sp³-hybridized carbons (Fsp3) is 0.167. The number of carbonyl (C=O) groups is 1. The van der Waals surface area contributed by atoms with Crippen LogP contribution in [0, 0.1) is 6.92 Å². The highest BCUT2D eigenvalue weighted by Crippen LogP contribution is 2.17. The maximum absolute atomic E-state index is 12.3. The number of aliphatic hydroxyl groups is 1. The van der Waals surface area contributed by atoms with E-state index in [2.05, 4.69) is 15.6 Å². The molecule has 1 amide bonds. The molecule has 7 heteroatoms. The van der Waals surface area contributed by atoms with E-state index in [9.17, 15) is 9.90 Å². The Bertz CT molecular complexity index is 880. The Morgan fingerprint density at radius 2 is 2.00 bits per heavy atom. The number of carbonyl (C=O) groups excluding carboxylic acids is 1. The second kappa shape index (κ2) is 7.46. The average Bonchev–Trinajstić information content (AvgIpc) is 3.01. The first-order valence-electron chi connectivity index (χ1n) is 7.75. The van der Waals surface area contributed by atoms with Crippen molar-refractivity contribution in [2.75, 3.05) is 6.54 Å². The molecular weight excluding hydrogens is 340 g/mol. The maximum atomic E-state index is 12.3. The van der Waals surface area contributed by atoms with E-state index in [0.717, 1.165) is 11.3 Å². The number of amides is 1. The number of hydrogen-bond acceptors (Lipinski definition) is 4. The molecule has 0 radical (unpaired) electrons. The van der Waals surface area contributed by atoms with Crippen LogP contribution in [-0.4, -0.2) is 32.6 Å². The van der Waals surface area contributed by atoms with E-state index in [1.807, 2.05) is 24.3 Å². The third-order valence-electron chi connectivity index (χ3n) is 3.80. The van der Waals surface area contributed by atoms with Crippen molar-refractivity contribution in [1.29, 1.82) is 0 Å². The van der Waals surface area contributed by atoms with E-state index in [1.54, 1.807) is 41.9 Å². The second-order valence-corrected chi connectivity index (χ2v) is 5.99. The predicted molar refractivity (Wildman–Crippen MR) is 94.8 cm³/mol. The lowest BCUT2D eigenvalue weighted by atomic mass is 10.1. The molecule has 0 saturated heterocycles. The first-order valence-corrected chi connectivity index (χ1v) is 8.13. The number of halogens is 1. The van der Waals surface area contributed by atoms with Gasteiger partial charge in [0.1, 0.15) is 0 Å². The van der Waals surface area contributed by atoms with Crippen molar-refractivity contribution in [3.05, 3.63) is 76.6 Å². The smallest absolute Gasteiger partial charge is 0.273 e. The summed E-state index contributed by atoms with van der Waals surface area (Å²) in [5, 5.41) is 21.4. The van der Waals surface area contributed by atoms with E-state index in [1.165, 1.54) is 0 Å². The number of hydrogen-bond donors (Lipinski definition) is 2. The normalized spacial score (nSPS) is 12.0. The quantitative estimate of drug-likeness (QED) is 0.736. The van der Waals surface area contributed by atoms with Crippen LogP contribution in [0.5, 0.6) is 0 Å². The Hall–Kier alpha value is -2.70. The summed E-state index contributed by atoms with van der Waals surface area (Å²) in [5.41, 5.74) is 2.26. The number of aromatic nitrogens is 3. The van der Waals surface area contributed by atoms with E-state index in [-0.39, 0.29) is 18.1 Å². The number of benzene rings is 2. The molecule has 1 heterocycles. The van der Waals surface area contributed by atoms with Gasteiger partial charge in [-0.3, -0.25) is 4.79 Å². The Kier molecular flexibility index (Phi) is 5.11. The maximum Gasteiger partial charge on any atom is 0.273 e. The van der Waals surface area contributed by atoms with Gasteiger partial charge in [-0.1, -0.05) is 53.2 Å². The van der Waals surface area contributed by atoms with Crippen molar-refractivity contribution in [3.8, 4) is 5.69 Å². The summed E-state index contributed by atoms with van der Waals surface area (Å²) in [6, 6.07) is 16.3. The molecule has 1 aromatic heterocycles. The van der Waals surface area contributed by atoms with E-state index < -0.39 is 6.10 Å². The predicted octanol–water partition coefficient (Wildman–Crippen LogP) is 2.69. The van der Waals surface area contributed by atoms with Gasteiger partial charge in [0.05, 0.1) is 17.5 Å². The molecule has 1 unspecified atom stereocenters. The minimum Gasteiger partial charge on any atom is -0.387 e. The molecule has 2 N–H and O–H groups in total. The zero-order valence-corrected chi connectivity index (χ0v) is 14.3. The molecule has 0 saturated carbocycles. The summed E-state index contributed by atoms with van der Waals surface area (Å²) in [5.74, 6) is -0.388. The van der Waals surface area contributed by atoms with Crippen LogP contribution in [0.15, 0.2) is 54.6 Å². The summed E-state index contributed by atoms with van der Waals surface area (Å²) in [4.78, 5) is 12.3. The highest BCUT2D eigenvalue weighted by atomic mass is 35.5. The molecule has 0 aliphatic carbocycles. The molecule has 2 aromatic carbocycles. The Morgan fingerprint density at radius 1 is 1.24 bits per heavy atom. The minimum absolute atomic E-state index is 0.0896. The van der Waals surface area contributed by atoms with Gasteiger partial charge in [-0.2, -0.15) is 0 Å². The first-order chi connectivity index (χ1) is 12.1. The minimum atomic E-state index is -0.784. The van der Waals surface area contributed by atoms with E-state index in [4.69, 9.17) is 11.6 Å². The highest BCUT2D eigenvalue weighted by molar-refractivity contribution is 6.30. The molecule has 0 bridgehead atoms. The van der Waals surface area contributed by atoms with Crippen LogP contribution in [0.25, 0.3) is 5.69 Å². The van der Waals surface area contributed by atoms with Crippen LogP contribution in [0.1, 0.15) is 27.8 Å². The van der Waals surface area contributed by atoms with Gasteiger partial charge in [0.15, 0.2) is 5.69 Å². The average molecular weight is 357 g/mol. The summed E-state index contributed by atoms with van der Waals surface area (Å²) < 4.78 is 1.55. The van der Waals surface area contributed by atoms with Gasteiger partial charge in [0, 0.05) is 11.6 Å². The third kappa shape index (κ3) is 3.87. The fourth-order valence-corrected chi connectivity index (χ4v) is 2.64. The molecule has 0 aliphatic heterocycles. The zero-order chi connectivity index (χ0) is 17.8. The summed E-state index contributed by atoms with van der Waals surface area (Å²) in [6.07, 6.45) is -0.784. The van der Waals surface area contributed by atoms with Crippen LogP contribution in [0.2, 0.25) is 5.02 Å². The van der Waals surface area contributed by atoms with Gasteiger partial charge in [-0.15, -0.1) is 5.10 Å². The largest absolute Gasteiger partial charge is 0.387 e. The number of rotatable bonds is 5. The first kappa shape index (κ1) is 17.1. The zero-order valence-electron chi connectivity index (χ0n) is 13.6. The highest BCUT2D eigenvalue weighted by Gasteiger charge is 2.18. The van der Waals surface area contributed by atoms with Crippen LogP contribution in [0.3, 0.4) is 0 Å². The lowest BCUT2D eigenvalue weighted by molar-refractivity contribution is 0.0910. The van der Waals surface area contributed by atoms with Crippen molar-refractivity contribution in [3.63, 3.8) is 0 Å². The van der Waals surface area contributed by atoms with Gasteiger partial charge in [-0.05, 0) is 30.7 Å². The van der Waals surface area contributed by atoms with E-state index in [0.29, 0.717) is 10.7 Å². The lowest BCUT2D eigenvalue weighted by Crippen LogP contribution is -2.29. The van der Waals surface area contributed by atoms with Crippen molar-refractivity contribution >= 4 is 17.5 Å². The van der Waals surface area contributed by atoms with Crippen molar-refractivity contribution in [2.45, 2.75) is 13.0 Å². The van der Waals surface area contributed by atoms with Gasteiger partial charge < -0.3 is 10.4 Å². The SMILES string of the molecule is Cc1c(C(=O)NCC(O)c2ccccc2)nnn1-c1cccc(Cl)c1. The number of aliphatic hydroxyl groups excluding tert-OH is 1.